The molecule has 0 atom stereocenters. The van der Waals surface area contributed by atoms with Crippen LogP contribution in [0.2, 0.25) is 0 Å². The van der Waals surface area contributed by atoms with Gasteiger partial charge in [0.2, 0.25) is 0 Å². The van der Waals surface area contributed by atoms with E-state index in [0.29, 0.717) is 0 Å². The average molecular weight is 159 g/mol. The highest BCUT2D eigenvalue weighted by Crippen LogP contribution is 2.18. The molecule has 0 aliphatic heterocycles. The Hall–Kier alpha value is -0.563. The quantitative estimate of drug-likeness (QED) is 0.501. The summed E-state index contributed by atoms with van der Waals surface area (Å²) in [6, 6.07) is 6.52. The van der Waals surface area contributed by atoms with Gasteiger partial charge in [-0.25, -0.2) is 0 Å². The minimum absolute atomic E-state index is 1.26. The Balaban J connectivity index is 2.49. The summed E-state index contributed by atoms with van der Waals surface area (Å²) < 4.78 is 0. The van der Waals surface area contributed by atoms with Crippen molar-refractivity contribution in [2.45, 2.75) is 25.7 Å². The molecule has 0 aromatic heterocycles. The van der Waals surface area contributed by atoms with Gasteiger partial charge < -0.3 is 0 Å². The van der Waals surface area contributed by atoms with E-state index in [0.717, 1.165) is 0 Å². The number of benzene rings is 1. The molecule has 0 fully saturated rings. The number of hydrogen-bond donors (Lipinski definition) is 0. The highest BCUT2D eigenvalue weighted by Gasteiger charge is 2.09. The van der Waals surface area contributed by atoms with Gasteiger partial charge in [0.1, 0.15) is 0 Å². The molecular weight excluding hydrogens is 148 g/mol. The largest absolute Gasteiger partial charge is 0.0715 e. The monoisotopic (exact) mass is 159 g/mol. The Morgan fingerprint density at radius 2 is 1.91 bits per heavy atom. The second-order valence-corrected chi connectivity index (χ2v) is 3.69. The fraction of sp³-hybridized carbons (Fsp3) is 0.400. The molecule has 0 heterocycles. The molecule has 1 aliphatic rings. The molecule has 0 spiro atoms. The second kappa shape index (κ2) is 2.82. The van der Waals surface area contributed by atoms with E-state index in [4.69, 9.17) is 0 Å². The molecule has 0 bridgehead atoms. The van der Waals surface area contributed by atoms with E-state index in [1.54, 1.807) is 5.56 Å². The minimum Gasteiger partial charge on any atom is -0.0640 e. The van der Waals surface area contributed by atoms with Crippen LogP contribution in [0.25, 0.3) is 0 Å². The van der Waals surface area contributed by atoms with Gasteiger partial charge in [-0.1, -0.05) is 23.4 Å². The molecule has 0 saturated carbocycles. The third-order valence-electron chi connectivity index (χ3n) is 2.40. The fourth-order valence-electron chi connectivity index (χ4n) is 1.78. The zero-order valence-corrected chi connectivity index (χ0v) is 7.56. The lowest BCUT2D eigenvalue weighted by Crippen LogP contribution is -2.16. The van der Waals surface area contributed by atoms with Crippen molar-refractivity contribution in [1.29, 1.82) is 0 Å². The van der Waals surface area contributed by atoms with E-state index in [1.807, 2.05) is 0 Å². The predicted molar refractivity (Wildman–Crippen MR) is 48.5 cm³/mol. The highest BCUT2D eigenvalue weighted by atomic mass is 28.1. The van der Waals surface area contributed by atoms with Crippen LogP contribution >= 0.6 is 0 Å². The molecule has 0 N–H and O–H groups in total. The maximum Gasteiger partial charge on any atom is 0.0715 e. The minimum atomic E-state index is 1.26. The second-order valence-electron chi connectivity index (χ2n) is 3.15. The van der Waals surface area contributed by atoms with Gasteiger partial charge in [-0.05, 0) is 36.8 Å². The van der Waals surface area contributed by atoms with Crippen LogP contribution in [0, 0.1) is 0 Å². The molecule has 55 valence electrons. The van der Waals surface area contributed by atoms with E-state index < -0.39 is 0 Å². The lowest BCUT2D eigenvalue weighted by atomic mass is 9.92. The maximum absolute atomic E-state index is 3.63. The summed E-state index contributed by atoms with van der Waals surface area (Å²) in [5.74, 6) is 0. The van der Waals surface area contributed by atoms with Gasteiger partial charge in [0, 0.05) is 0 Å². The van der Waals surface area contributed by atoms with Crippen molar-refractivity contribution >= 4 is 15.4 Å². The molecule has 1 aromatic carbocycles. The van der Waals surface area contributed by atoms with Crippen LogP contribution in [0.3, 0.4) is 0 Å². The lowest BCUT2D eigenvalue weighted by molar-refractivity contribution is 0.688. The molecular formula is C10H11Si. The Bertz CT molecular complexity index is 266. The molecule has 1 aliphatic carbocycles. The fourth-order valence-corrected chi connectivity index (χ4v) is 2.16. The zero-order chi connectivity index (χ0) is 7.68. The number of rotatable bonds is 0. The molecule has 11 heavy (non-hydrogen) atoms. The number of aryl methyl sites for hydroxylation is 1. The van der Waals surface area contributed by atoms with Crippen LogP contribution < -0.4 is 5.19 Å². The Morgan fingerprint density at radius 3 is 2.73 bits per heavy atom. The van der Waals surface area contributed by atoms with Crippen LogP contribution in [0.1, 0.15) is 24.0 Å². The Morgan fingerprint density at radius 1 is 1.09 bits per heavy atom. The lowest BCUT2D eigenvalue weighted by Gasteiger charge is -2.17. The summed E-state index contributed by atoms with van der Waals surface area (Å²) in [7, 11) is 3.63. The van der Waals surface area contributed by atoms with E-state index >= 15 is 0 Å². The summed E-state index contributed by atoms with van der Waals surface area (Å²) in [6.45, 7) is 0. The summed E-state index contributed by atoms with van der Waals surface area (Å²) >= 11 is 0. The Kier molecular flexibility index (Phi) is 1.82. The van der Waals surface area contributed by atoms with Gasteiger partial charge in [-0.3, -0.25) is 0 Å². The van der Waals surface area contributed by atoms with Gasteiger partial charge in [0.15, 0.2) is 0 Å². The van der Waals surface area contributed by atoms with Gasteiger partial charge in [-0.15, -0.1) is 0 Å². The first-order chi connectivity index (χ1) is 5.38. The zero-order valence-electron chi connectivity index (χ0n) is 6.56. The molecule has 0 unspecified atom stereocenters. The van der Waals surface area contributed by atoms with Crippen LogP contribution in [0.4, 0.5) is 0 Å². The number of hydrogen-bond acceptors (Lipinski definition) is 0. The summed E-state index contributed by atoms with van der Waals surface area (Å²) in [4.78, 5) is 0. The van der Waals surface area contributed by atoms with Crippen LogP contribution in [0.15, 0.2) is 18.2 Å². The van der Waals surface area contributed by atoms with Crippen molar-refractivity contribution in [2.24, 2.45) is 0 Å². The van der Waals surface area contributed by atoms with Crippen LogP contribution in [-0.2, 0) is 12.8 Å². The molecule has 2 rings (SSSR count). The smallest absolute Gasteiger partial charge is 0.0640 e. The van der Waals surface area contributed by atoms with Crippen molar-refractivity contribution in [1.82, 2.24) is 0 Å². The maximum atomic E-state index is 3.63. The first-order valence-electron chi connectivity index (χ1n) is 4.20. The summed E-state index contributed by atoms with van der Waals surface area (Å²) in [5, 5.41) is 1.29. The molecule has 3 radical (unpaired) electrons. The van der Waals surface area contributed by atoms with Gasteiger partial charge >= 0.3 is 0 Å². The Labute approximate surface area is 71.1 Å². The van der Waals surface area contributed by atoms with Crippen molar-refractivity contribution in [3.05, 3.63) is 29.3 Å². The molecule has 1 aromatic rings. The van der Waals surface area contributed by atoms with Crippen LogP contribution in [-0.4, -0.2) is 10.2 Å². The first-order valence-corrected chi connectivity index (χ1v) is 4.70. The third-order valence-corrected chi connectivity index (χ3v) is 2.86. The topological polar surface area (TPSA) is 0 Å². The SMILES string of the molecule is [Si]c1cccc2c1CCCC2. The van der Waals surface area contributed by atoms with Gasteiger partial charge in [0.25, 0.3) is 0 Å². The molecule has 0 nitrogen and oxygen atoms in total. The number of fused-ring (bicyclic) bond motifs is 1. The predicted octanol–water partition coefficient (Wildman–Crippen LogP) is 1.36. The van der Waals surface area contributed by atoms with E-state index in [1.165, 1.54) is 36.4 Å². The molecule has 1 heteroatoms. The normalized spacial score (nSPS) is 16.1. The van der Waals surface area contributed by atoms with Gasteiger partial charge in [-0.2, -0.15) is 0 Å². The van der Waals surface area contributed by atoms with Crippen molar-refractivity contribution in [3.8, 4) is 0 Å². The van der Waals surface area contributed by atoms with Crippen molar-refractivity contribution in [3.63, 3.8) is 0 Å². The molecule has 0 amide bonds. The first kappa shape index (κ1) is 7.11. The van der Waals surface area contributed by atoms with E-state index in [-0.39, 0.29) is 0 Å². The standard InChI is InChI=1S/C10H11Si/c11-10-7-3-5-8-4-1-2-6-9(8)10/h3,5,7H,1-2,4,6H2. The summed E-state index contributed by atoms with van der Waals surface area (Å²) in [5.41, 5.74) is 3.08. The van der Waals surface area contributed by atoms with Gasteiger partial charge in [0.05, 0.1) is 10.2 Å². The van der Waals surface area contributed by atoms with E-state index in [2.05, 4.69) is 28.4 Å². The van der Waals surface area contributed by atoms with E-state index in [9.17, 15) is 0 Å². The highest BCUT2D eigenvalue weighted by molar-refractivity contribution is 6.33. The summed E-state index contributed by atoms with van der Waals surface area (Å²) in [6.07, 6.45) is 5.25. The van der Waals surface area contributed by atoms with Crippen LogP contribution in [0.5, 0.6) is 0 Å². The average Bonchev–Trinajstić information content (AvgIpc) is 2.06. The molecule has 0 saturated heterocycles. The third kappa shape index (κ3) is 1.25. The van der Waals surface area contributed by atoms with Crippen molar-refractivity contribution < 1.29 is 0 Å². The van der Waals surface area contributed by atoms with Crippen molar-refractivity contribution in [2.75, 3.05) is 0 Å².